The van der Waals surface area contributed by atoms with Gasteiger partial charge in [-0.15, -0.1) is 17.7 Å². The molecule has 0 unspecified atom stereocenters. The van der Waals surface area contributed by atoms with E-state index in [1.54, 1.807) is 7.11 Å². The van der Waals surface area contributed by atoms with E-state index in [0.29, 0.717) is 0 Å². The first-order chi connectivity index (χ1) is 10.6. The van der Waals surface area contributed by atoms with Crippen LogP contribution in [0.3, 0.4) is 0 Å². The summed E-state index contributed by atoms with van der Waals surface area (Å²) in [6.07, 6.45) is 0.997. The number of nitrogens with zero attached hydrogens (tertiary/aromatic N) is 1. The SMILES string of the molecule is CCc1c(C)n([CH-]c2ccc(Cl)cc2)c2ccc(OC)cc12.[Y]. The molecule has 3 rings (SSSR count). The van der Waals surface area contributed by atoms with Gasteiger partial charge >= 0.3 is 0 Å². The second-order valence-electron chi connectivity index (χ2n) is 5.35. The van der Waals surface area contributed by atoms with Crippen molar-refractivity contribution in [3.05, 3.63) is 70.9 Å². The van der Waals surface area contributed by atoms with Crippen molar-refractivity contribution in [3.8, 4) is 5.75 Å². The number of hydrogen-bond acceptors (Lipinski definition) is 1. The van der Waals surface area contributed by atoms with Gasteiger partial charge in [0.25, 0.3) is 0 Å². The first-order valence-electron chi connectivity index (χ1n) is 7.42. The molecule has 0 aliphatic carbocycles. The Bertz CT molecular complexity index is 808. The third-order valence-electron chi connectivity index (χ3n) is 4.09. The molecule has 0 aliphatic heterocycles. The van der Waals surface area contributed by atoms with Crippen LogP contribution >= 0.6 is 11.6 Å². The van der Waals surface area contributed by atoms with E-state index in [0.717, 1.165) is 22.8 Å². The normalized spacial score (nSPS) is 10.4. The van der Waals surface area contributed by atoms with E-state index in [1.165, 1.54) is 22.2 Å². The van der Waals surface area contributed by atoms with Gasteiger partial charge in [-0.2, -0.15) is 0 Å². The summed E-state index contributed by atoms with van der Waals surface area (Å²) >= 11 is 5.97. The Balaban J connectivity index is 0.00000192. The molecular weight excluding hydrogens is 383 g/mol. The standard InChI is InChI=1S/C19H19ClNO.Y/c1-4-17-13(2)21(12-14-5-7-15(20)8-6-14)19-10-9-16(22-3)11-18(17)19;/h5-12H,4H2,1-3H3;/q-1;. The molecule has 0 N–H and O–H groups in total. The molecule has 1 aromatic heterocycles. The molecule has 0 aliphatic rings. The molecule has 0 fully saturated rings. The Labute approximate surface area is 167 Å². The van der Waals surface area contributed by atoms with Crippen molar-refractivity contribution < 1.29 is 37.4 Å². The molecule has 1 radical (unpaired) electrons. The average molecular weight is 402 g/mol. The number of rotatable bonds is 4. The molecule has 1 heterocycles. The minimum absolute atomic E-state index is 0. The number of ether oxygens (including phenoxy) is 1. The van der Waals surface area contributed by atoms with Crippen LogP contribution in [0.4, 0.5) is 0 Å². The third kappa shape index (κ3) is 3.60. The van der Waals surface area contributed by atoms with Crippen LogP contribution in [-0.4, -0.2) is 11.7 Å². The van der Waals surface area contributed by atoms with Crippen molar-refractivity contribution in [2.75, 3.05) is 7.11 Å². The van der Waals surface area contributed by atoms with Crippen LogP contribution in [0.5, 0.6) is 5.75 Å². The van der Waals surface area contributed by atoms with Gasteiger partial charge in [0.2, 0.25) is 0 Å². The number of aromatic nitrogens is 1. The zero-order valence-electron chi connectivity index (χ0n) is 13.6. The van der Waals surface area contributed by atoms with Gasteiger partial charge in [0.05, 0.1) is 7.11 Å². The fourth-order valence-electron chi connectivity index (χ4n) is 2.93. The molecule has 0 saturated carbocycles. The number of halogens is 1. The maximum Gasteiger partial charge on any atom is 0.118 e. The molecule has 2 aromatic carbocycles. The molecule has 0 bridgehead atoms. The van der Waals surface area contributed by atoms with E-state index in [4.69, 9.17) is 16.3 Å². The van der Waals surface area contributed by atoms with Crippen LogP contribution in [0, 0.1) is 13.5 Å². The van der Waals surface area contributed by atoms with Crippen LogP contribution in [0.2, 0.25) is 5.02 Å². The summed E-state index contributed by atoms with van der Waals surface area (Å²) in [5.41, 5.74) is 4.95. The van der Waals surface area contributed by atoms with Crippen LogP contribution in [0.15, 0.2) is 42.5 Å². The van der Waals surface area contributed by atoms with E-state index in [-0.39, 0.29) is 32.7 Å². The Morgan fingerprint density at radius 1 is 1.13 bits per heavy atom. The fourth-order valence-corrected chi connectivity index (χ4v) is 3.05. The second-order valence-corrected chi connectivity index (χ2v) is 5.79. The van der Waals surface area contributed by atoms with Crippen LogP contribution in [-0.2, 0) is 39.1 Å². The number of fused-ring (bicyclic) bond motifs is 1. The van der Waals surface area contributed by atoms with Crippen molar-refractivity contribution >= 4 is 22.5 Å². The largest absolute Gasteiger partial charge is 0.497 e. The molecule has 23 heavy (non-hydrogen) atoms. The van der Waals surface area contributed by atoms with Gasteiger partial charge in [0.1, 0.15) is 5.75 Å². The van der Waals surface area contributed by atoms with Gasteiger partial charge < -0.3 is 9.30 Å². The average Bonchev–Trinajstić information content (AvgIpc) is 2.80. The van der Waals surface area contributed by atoms with Crippen molar-refractivity contribution in [2.45, 2.75) is 20.3 Å². The van der Waals surface area contributed by atoms with Crippen molar-refractivity contribution in [1.29, 1.82) is 0 Å². The molecule has 2 nitrogen and oxygen atoms in total. The van der Waals surface area contributed by atoms with E-state index in [1.807, 2.05) is 30.3 Å². The monoisotopic (exact) mass is 401 g/mol. The first kappa shape index (κ1) is 18.4. The predicted octanol–water partition coefficient (Wildman–Crippen LogP) is 5.23. The zero-order valence-corrected chi connectivity index (χ0v) is 17.2. The smallest absolute Gasteiger partial charge is 0.118 e. The summed E-state index contributed by atoms with van der Waals surface area (Å²) in [4.78, 5) is 0. The molecule has 0 atom stereocenters. The molecule has 117 valence electrons. The van der Waals surface area contributed by atoms with Gasteiger partial charge in [-0.05, 0) is 35.2 Å². The summed E-state index contributed by atoms with van der Waals surface area (Å²) in [5, 5.41) is 2.01. The van der Waals surface area contributed by atoms with Crippen molar-refractivity contribution in [3.63, 3.8) is 0 Å². The maximum absolute atomic E-state index is 5.97. The number of hydrogen-bond donors (Lipinski definition) is 0. The second kappa shape index (κ2) is 7.74. The molecule has 0 spiro atoms. The predicted molar refractivity (Wildman–Crippen MR) is 92.9 cm³/mol. The summed E-state index contributed by atoms with van der Waals surface area (Å²) in [6.45, 7) is 6.51. The zero-order chi connectivity index (χ0) is 15.7. The van der Waals surface area contributed by atoms with E-state index >= 15 is 0 Å². The number of methoxy groups -OCH3 is 1. The first-order valence-corrected chi connectivity index (χ1v) is 7.79. The summed E-state index contributed by atoms with van der Waals surface area (Å²) in [6, 6.07) is 14.1. The third-order valence-corrected chi connectivity index (χ3v) is 4.34. The van der Waals surface area contributed by atoms with Crippen molar-refractivity contribution in [2.24, 2.45) is 0 Å². The summed E-state index contributed by atoms with van der Waals surface area (Å²) in [7, 11) is 1.70. The van der Waals surface area contributed by atoms with Crippen molar-refractivity contribution in [1.82, 2.24) is 4.57 Å². The van der Waals surface area contributed by atoms with E-state index in [9.17, 15) is 0 Å². The minimum Gasteiger partial charge on any atom is -0.497 e. The Morgan fingerprint density at radius 3 is 2.43 bits per heavy atom. The molecule has 4 heteroatoms. The quantitative estimate of drug-likeness (QED) is 0.546. The molecule has 0 saturated heterocycles. The van der Waals surface area contributed by atoms with Crippen LogP contribution in [0.1, 0.15) is 23.7 Å². The molecule has 0 amide bonds. The van der Waals surface area contributed by atoms with E-state index < -0.39 is 0 Å². The molecule has 3 aromatic rings. The van der Waals surface area contributed by atoms with E-state index in [2.05, 4.69) is 37.1 Å². The van der Waals surface area contributed by atoms with Gasteiger partial charge in [0, 0.05) is 37.7 Å². The van der Waals surface area contributed by atoms with Crippen LogP contribution < -0.4 is 4.74 Å². The van der Waals surface area contributed by atoms with Crippen LogP contribution in [0.25, 0.3) is 10.9 Å². The van der Waals surface area contributed by atoms with Gasteiger partial charge in [0.15, 0.2) is 0 Å². The summed E-state index contributed by atoms with van der Waals surface area (Å²) in [5.74, 6) is 0.894. The fraction of sp³-hybridized carbons (Fsp3) is 0.211. The maximum atomic E-state index is 5.97. The Morgan fingerprint density at radius 2 is 1.83 bits per heavy atom. The topological polar surface area (TPSA) is 14.2 Å². The van der Waals surface area contributed by atoms with Gasteiger partial charge in [-0.25, -0.2) is 0 Å². The number of benzene rings is 2. The minimum atomic E-state index is 0. The van der Waals surface area contributed by atoms with Gasteiger partial charge in [-0.1, -0.05) is 55.8 Å². The Kier molecular flexibility index (Phi) is 6.19. The Hall–Kier alpha value is -0.956. The summed E-state index contributed by atoms with van der Waals surface area (Å²) < 4.78 is 7.62. The molecular formula is C19H19ClNOY-. The van der Waals surface area contributed by atoms with Gasteiger partial charge in [-0.3, -0.25) is 0 Å². The number of aryl methyl sites for hydroxylation is 1.